The summed E-state index contributed by atoms with van der Waals surface area (Å²) in [4.78, 5) is 25.9. The monoisotopic (exact) mass is 353 g/mol. The maximum atomic E-state index is 12.1. The fourth-order valence-electron chi connectivity index (χ4n) is 2.94. The van der Waals surface area contributed by atoms with Crippen LogP contribution in [0.1, 0.15) is 18.4 Å². The summed E-state index contributed by atoms with van der Waals surface area (Å²) < 4.78 is 5.12. The van der Waals surface area contributed by atoms with Crippen LogP contribution in [0.5, 0.6) is 5.75 Å². The molecule has 1 fully saturated rings. The molecule has 1 aliphatic heterocycles. The molecule has 3 rings (SSSR count). The van der Waals surface area contributed by atoms with Gasteiger partial charge in [0, 0.05) is 19.5 Å². The van der Waals surface area contributed by atoms with E-state index in [1.807, 2.05) is 48.5 Å². The lowest BCUT2D eigenvalue weighted by Gasteiger charge is -2.20. The van der Waals surface area contributed by atoms with Gasteiger partial charge in [0.25, 0.3) is 0 Å². The Bertz CT molecular complexity index is 774. The van der Waals surface area contributed by atoms with Gasteiger partial charge in [0.05, 0.1) is 25.0 Å². The van der Waals surface area contributed by atoms with Gasteiger partial charge in [-0.1, -0.05) is 24.3 Å². The first kappa shape index (κ1) is 17.8. The van der Waals surface area contributed by atoms with Crippen LogP contribution in [0.25, 0.3) is 0 Å². The lowest BCUT2D eigenvalue weighted by molar-refractivity contribution is -0.119. The minimum atomic E-state index is -0.108. The number of ether oxygens (including phenoxy) is 1. The van der Waals surface area contributed by atoms with Crippen molar-refractivity contribution in [2.45, 2.75) is 19.4 Å². The quantitative estimate of drug-likeness (QED) is 0.803. The first-order valence-corrected chi connectivity index (χ1v) is 8.70. The zero-order valence-corrected chi connectivity index (χ0v) is 14.8. The third-order valence-electron chi connectivity index (χ3n) is 4.36. The summed E-state index contributed by atoms with van der Waals surface area (Å²) in [6.07, 6.45) is 1.45. The van der Waals surface area contributed by atoms with Crippen LogP contribution in [0.15, 0.2) is 48.5 Å². The van der Waals surface area contributed by atoms with Gasteiger partial charge in [0.1, 0.15) is 5.75 Å². The molecule has 2 amide bonds. The van der Waals surface area contributed by atoms with Crippen LogP contribution < -0.4 is 20.3 Å². The minimum absolute atomic E-state index is 0.108. The van der Waals surface area contributed by atoms with E-state index in [1.165, 1.54) is 0 Å². The zero-order valence-electron chi connectivity index (χ0n) is 14.8. The highest BCUT2D eigenvalue weighted by Gasteiger charge is 2.23. The normalized spacial score (nSPS) is 13.6. The average molecular weight is 353 g/mol. The Hall–Kier alpha value is -3.02. The first-order chi connectivity index (χ1) is 12.7. The molecule has 26 heavy (non-hydrogen) atoms. The number of carbonyl (C=O) groups is 2. The van der Waals surface area contributed by atoms with Gasteiger partial charge in [-0.3, -0.25) is 9.59 Å². The zero-order chi connectivity index (χ0) is 18.4. The van der Waals surface area contributed by atoms with Crippen LogP contribution >= 0.6 is 0 Å². The van der Waals surface area contributed by atoms with Crippen molar-refractivity contribution in [2.24, 2.45) is 0 Å². The number of methoxy groups -OCH3 is 1. The molecule has 6 nitrogen and oxygen atoms in total. The smallest absolute Gasteiger partial charge is 0.239 e. The lowest BCUT2D eigenvalue weighted by atomic mass is 10.2. The molecule has 0 saturated carbocycles. The van der Waals surface area contributed by atoms with Gasteiger partial charge in [-0.25, -0.2) is 0 Å². The highest BCUT2D eigenvalue weighted by Crippen LogP contribution is 2.29. The second-order valence-electron chi connectivity index (χ2n) is 6.14. The van der Waals surface area contributed by atoms with Gasteiger partial charge < -0.3 is 20.3 Å². The van der Waals surface area contributed by atoms with Crippen LogP contribution in [0, 0.1) is 0 Å². The summed E-state index contributed by atoms with van der Waals surface area (Å²) in [6, 6.07) is 15.1. The molecule has 0 radical (unpaired) electrons. The van der Waals surface area contributed by atoms with E-state index in [2.05, 4.69) is 10.6 Å². The van der Waals surface area contributed by atoms with Crippen molar-refractivity contribution in [2.75, 3.05) is 30.4 Å². The molecule has 1 saturated heterocycles. The average Bonchev–Trinajstić information content (AvgIpc) is 3.11. The Morgan fingerprint density at radius 3 is 2.62 bits per heavy atom. The topological polar surface area (TPSA) is 70.7 Å². The number of hydrogen-bond donors (Lipinski definition) is 2. The molecular weight excluding hydrogens is 330 g/mol. The minimum Gasteiger partial charge on any atom is -0.497 e. The number of anilines is 2. The van der Waals surface area contributed by atoms with E-state index >= 15 is 0 Å². The fraction of sp³-hybridized carbons (Fsp3) is 0.300. The molecule has 6 heteroatoms. The molecule has 1 aliphatic rings. The molecule has 0 aromatic heterocycles. The molecule has 2 aromatic rings. The third kappa shape index (κ3) is 4.33. The van der Waals surface area contributed by atoms with Crippen molar-refractivity contribution in [1.29, 1.82) is 0 Å². The number of benzene rings is 2. The number of para-hydroxylation sites is 2. The molecule has 0 bridgehead atoms. The second kappa shape index (κ2) is 8.38. The van der Waals surface area contributed by atoms with Crippen molar-refractivity contribution in [3.8, 4) is 5.75 Å². The number of amides is 2. The lowest BCUT2D eigenvalue weighted by Crippen LogP contribution is -2.30. The number of rotatable bonds is 7. The van der Waals surface area contributed by atoms with E-state index < -0.39 is 0 Å². The van der Waals surface area contributed by atoms with Crippen molar-refractivity contribution < 1.29 is 14.3 Å². The Labute approximate surface area is 153 Å². The third-order valence-corrected chi connectivity index (χ3v) is 4.36. The van der Waals surface area contributed by atoms with Crippen LogP contribution in [0.4, 0.5) is 11.4 Å². The molecule has 0 spiro atoms. The Morgan fingerprint density at radius 1 is 1.15 bits per heavy atom. The Balaban J connectivity index is 1.53. The predicted octanol–water partition coefficient (Wildman–Crippen LogP) is 2.55. The highest BCUT2D eigenvalue weighted by atomic mass is 16.5. The molecular formula is C20H23N3O3. The maximum Gasteiger partial charge on any atom is 0.239 e. The largest absolute Gasteiger partial charge is 0.497 e. The van der Waals surface area contributed by atoms with Crippen LogP contribution in [-0.2, 0) is 16.1 Å². The highest BCUT2D eigenvalue weighted by molar-refractivity contribution is 5.98. The van der Waals surface area contributed by atoms with Crippen LogP contribution in [0.2, 0.25) is 0 Å². The van der Waals surface area contributed by atoms with E-state index in [1.54, 1.807) is 12.0 Å². The van der Waals surface area contributed by atoms with Crippen molar-refractivity contribution in [1.82, 2.24) is 5.32 Å². The van der Waals surface area contributed by atoms with Crippen LogP contribution in [-0.4, -0.2) is 32.0 Å². The summed E-state index contributed by atoms with van der Waals surface area (Å²) in [6.45, 7) is 1.33. The van der Waals surface area contributed by atoms with Gasteiger partial charge >= 0.3 is 0 Å². The van der Waals surface area contributed by atoms with Gasteiger partial charge in [-0.2, -0.15) is 0 Å². The Kier molecular flexibility index (Phi) is 5.73. The van der Waals surface area contributed by atoms with Crippen molar-refractivity contribution in [3.63, 3.8) is 0 Å². The molecule has 0 unspecified atom stereocenters. The molecule has 136 valence electrons. The van der Waals surface area contributed by atoms with Gasteiger partial charge in [0.15, 0.2) is 0 Å². The predicted molar refractivity (Wildman–Crippen MR) is 101 cm³/mol. The summed E-state index contributed by atoms with van der Waals surface area (Å²) in [5.74, 6) is 0.807. The van der Waals surface area contributed by atoms with E-state index in [9.17, 15) is 9.59 Å². The summed E-state index contributed by atoms with van der Waals surface area (Å²) in [5, 5.41) is 6.02. The van der Waals surface area contributed by atoms with Crippen molar-refractivity contribution >= 4 is 23.2 Å². The summed E-state index contributed by atoms with van der Waals surface area (Å²) in [5.41, 5.74) is 2.63. The maximum absolute atomic E-state index is 12.1. The summed E-state index contributed by atoms with van der Waals surface area (Å²) in [7, 11) is 1.62. The molecule has 0 aliphatic carbocycles. The van der Waals surface area contributed by atoms with E-state index in [-0.39, 0.29) is 18.4 Å². The van der Waals surface area contributed by atoms with E-state index in [0.29, 0.717) is 13.0 Å². The van der Waals surface area contributed by atoms with E-state index in [0.717, 1.165) is 35.7 Å². The molecule has 2 aromatic carbocycles. The SMILES string of the molecule is COc1ccc(CNC(=O)CNc2ccccc2N2CCCC2=O)cc1. The number of hydrogen-bond acceptors (Lipinski definition) is 4. The Morgan fingerprint density at radius 2 is 1.92 bits per heavy atom. The van der Waals surface area contributed by atoms with E-state index in [4.69, 9.17) is 4.74 Å². The molecule has 1 heterocycles. The standard InChI is InChI=1S/C20H23N3O3/c1-26-16-10-8-15(9-11-16)13-22-19(24)14-21-17-5-2-3-6-18(17)23-12-4-7-20(23)25/h2-3,5-6,8-11,21H,4,7,12-14H2,1H3,(H,22,24). The number of nitrogens with one attached hydrogen (secondary N) is 2. The van der Waals surface area contributed by atoms with Gasteiger partial charge in [0.2, 0.25) is 11.8 Å². The van der Waals surface area contributed by atoms with Gasteiger partial charge in [-0.05, 0) is 36.2 Å². The summed E-state index contributed by atoms with van der Waals surface area (Å²) >= 11 is 0. The van der Waals surface area contributed by atoms with Gasteiger partial charge in [-0.15, -0.1) is 0 Å². The van der Waals surface area contributed by atoms with Crippen molar-refractivity contribution in [3.05, 3.63) is 54.1 Å². The second-order valence-corrected chi connectivity index (χ2v) is 6.14. The van der Waals surface area contributed by atoms with Crippen LogP contribution in [0.3, 0.4) is 0 Å². The first-order valence-electron chi connectivity index (χ1n) is 8.70. The number of carbonyl (C=O) groups excluding carboxylic acids is 2. The molecule has 0 atom stereocenters. The molecule has 2 N–H and O–H groups in total. The number of nitrogens with zero attached hydrogens (tertiary/aromatic N) is 1. The fourth-order valence-corrected chi connectivity index (χ4v) is 2.94.